The van der Waals surface area contributed by atoms with Gasteiger partial charge in [-0.25, -0.2) is 0 Å². The van der Waals surface area contributed by atoms with Crippen molar-refractivity contribution < 1.29 is 9.59 Å². The third-order valence-electron chi connectivity index (χ3n) is 5.59. The van der Waals surface area contributed by atoms with Crippen LogP contribution in [0.3, 0.4) is 0 Å². The molecule has 1 atom stereocenters. The number of hydrogen-bond acceptors (Lipinski definition) is 3. The number of carbonyl (C=O) groups excluding carboxylic acids is 2. The molecule has 164 valence electrons. The minimum atomic E-state index is -0.326. The lowest BCUT2D eigenvalue weighted by Gasteiger charge is -2.24. The van der Waals surface area contributed by atoms with Crippen LogP contribution in [0.1, 0.15) is 45.2 Å². The van der Waals surface area contributed by atoms with Crippen molar-refractivity contribution in [3.05, 3.63) is 93.5 Å². The van der Waals surface area contributed by atoms with Crippen LogP contribution in [0.2, 0.25) is 10.0 Å². The van der Waals surface area contributed by atoms with E-state index in [1.165, 1.54) is 0 Å². The lowest BCUT2D eigenvalue weighted by molar-refractivity contribution is 0.0985. The Kier molecular flexibility index (Phi) is 6.80. The zero-order valence-electron chi connectivity index (χ0n) is 17.6. The molecule has 32 heavy (non-hydrogen) atoms. The van der Waals surface area contributed by atoms with Crippen LogP contribution in [0.25, 0.3) is 0 Å². The molecule has 3 aromatic carbocycles. The minimum absolute atomic E-state index is 0.0614. The summed E-state index contributed by atoms with van der Waals surface area (Å²) in [6.07, 6.45) is 1.87. The highest BCUT2D eigenvalue weighted by atomic mass is 35.5. The fourth-order valence-electron chi connectivity index (χ4n) is 4.01. The number of anilines is 2. The van der Waals surface area contributed by atoms with Crippen molar-refractivity contribution in [3.63, 3.8) is 0 Å². The largest absolute Gasteiger partial charge is 0.322 e. The van der Waals surface area contributed by atoms with Gasteiger partial charge in [0, 0.05) is 45.1 Å². The summed E-state index contributed by atoms with van der Waals surface area (Å²) in [6, 6.07) is 19.8. The highest BCUT2D eigenvalue weighted by Crippen LogP contribution is 2.33. The molecule has 7 heteroatoms. The fraction of sp³-hybridized carbons (Fsp3) is 0.200. The van der Waals surface area contributed by atoms with Crippen molar-refractivity contribution in [2.24, 2.45) is 0 Å². The van der Waals surface area contributed by atoms with Gasteiger partial charge in [-0.1, -0.05) is 41.4 Å². The molecular formula is C25H23Cl2N3O2. The summed E-state index contributed by atoms with van der Waals surface area (Å²) in [4.78, 5) is 27.7. The van der Waals surface area contributed by atoms with E-state index in [1.54, 1.807) is 42.5 Å². The van der Waals surface area contributed by atoms with Gasteiger partial charge in [0.1, 0.15) is 0 Å². The molecule has 0 aromatic heterocycles. The summed E-state index contributed by atoms with van der Waals surface area (Å²) in [5.41, 5.74) is 3.57. The lowest BCUT2D eigenvalue weighted by atomic mass is 10.0. The first-order chi connectivity index (χ1) is 15.5. The Balaban J connectivity index is 1.52. The second-order valence-electron chi connectivity index (χ2n) is 7.69. The van der Waals surface area contributed by atoms with E-state index in [1.807, 2.05) is 30.1 Å². The molecule has 2 N–H and O–H groups in total. The molecule has 0 bridgehead atoms. The number of nitrogens with one attached hydrogen (secondary N) is 2. The van der Waals surface area contributed by atoms with Crippen LogP contribution in [0.5, 0.6) is 0 Å². The molecule has 0 fully saturated rings. The standard InChI is InChI=1S/C25H23Cl2N3O2/c1-28-22-6-4-12-30(23-7-3-2-5-21(22)23)25(32)16-8-10-20(11-9-16)29-24(31)17-13-18(26)15-19(27)14-17/h2-3,5,7-11,13-15,22,28H,4,6,12H2,1H3,(H,29,31). The van der Waals surface area contributed by atoms with Crippen molar-refractivity contribution in [2.75, 3.05) is 23.8 Å². The molecule has 4 rings (SSSR count). The SMILES string of the molecule is CNC1CCCN(C(=O)c2ccc(NC(=O)c3cc(Cl)cc(Cl)c3)cc2)c2ccccc21. The number of para-hydroxylation sites is 1. The maximum atomic E-state index is 13.3. The van der Waals surface area contributed by atoms with Gasteiger partial charge >= 0.3 is 0 Å². The molecule has 0 radical (unpaired) electrons. The van der Waals surface area contributed by atoms with Crippen molar-refractivity contribution in [2.45, 2.75) is 18.9 Å². The predicted octanol–water partition coefficient (Wildman–Crippen LogP) is 5.95. The van der Waals surface area contributed by atoms with E-state index >= 15 is 0 Å². The predicted molar refractivity (Wildman–Crippen MR) is 130 cm³/mol. The molecule has 0 spiro atoms. The number of amides is 2. The van der Waals surface area contributed by atoms with Gasteiger partial charge in [-0.15, -0.1) is 0 Å². The number of rotatable bonds is 4. The summed E-state index contributed by atoms with van der Waals surface area (Å²) in [5, 5.41) is 6.94. The first-order valence-corrected chi connectivity index (χ1v) is 11.2. The van der Waals surface area contributed by atoms with E-state index in [0.29, 0.717) is 33.4 Å². The van der Waals surface area contributed by atoms with E-state index < -0.39 is 0 Å². The summed E-state index contributed by atoms with van der Waals surface area (Å²) in [6.45, 7) is 0.655. The molecule has 5 nitrogen and oxygen atoms in total. The van der Waals surface area contributed by atoms with Crippen LogP contribution in [-0.4, -0.2) is 25.4 Å². The van der Waals surface area contributed by atoms with Crippen LogP contribution in [0, 0.1) is 0 Å². The lowest BCUT2D eigenvalue weighted by Crippen LogP contribution is -2.31. The molecule has 1 heterocycles. The summed E-state index contributed by atoms with van der Waals surface area (Å²) in [7, 11) is 1.95. The van der Waals surface area contributed by atoms with E-state index in [4.69, 9.17) is 23.2 Å². The second-order valence-corrected chi connectivity index (χ2v) is 8.56. The normalized spacial score (nSPS) is 15.6. The van der Waals surface area contributed by atoms with Crippen molar-refractivity contribution in [1.82, 2.24) is 5.32 Å². The Morgan fingerprint density at radius 2 is 1.62 bits per heavy atom. The van der Waals surface area contributed by atoms with Gasteiger partial charge in [-0.3, -0.25) is 9.59 Å². The van der Waals surface area contributed by atoms with Crippen LogP contribution >= 0.6 is 23.2 Å². The molecule has 0 saturated carbocycles. The quantitative estimate of drug-likeness (QED) is 0.498. The van der Waals surface area contributed by atoms with Crippen LogP contribution in [0.15, 0.2) is 66.7 Å². The van der Waals surface area contributed by atoms with Crippen molar-refractivity contribution in [1.29, 1.82) is 0 Å². The van der Waals surface area contributed by atoms with Crippen LogP contribution in [-0.2, 0) is 0 Å². The number of carbonyl (C=O) groups is 2. The molecule has 2 amide bonds. The van der Waals surface area contributed by atoms with Gasteiger partial charge in [0.15, 0.2) is 0 Å². The fourth-order valence-corrected chi connectivity index (χ4v) is 4.53. The van der Waals surface area contributed by atoms with Crippen molar-refractivity contribution in [3.8, 4) is 0 Å². The van der Waals surface area contributed by atoms with Crippen LogP contribution in [0.4, 0.5) is 11.4 Å². The number of fused-ring (bicyclic) bond motifs is 1. The Hall–Kier alpha value is -2.86. The zero-order valence-corrected chi connectivity index (χ0v) is 19.1. The third kappa shape index (κ3) is 4.80. The Morgan fingerprint density at radius 1 is 0.938 bits per heavy atom. The highest BCUT2D eigenvalue weighted by Gasteiger charge is 2.26. The van der Waals surface area contributed by atoms with E-state index in [2.05, 4.69) is 16.7 Å². The van der Waals surface area contributed by atoms with Gasteiger partial charge in [-0.05, 0) is 74.0 Å². The Labute approximate surface area is 197 Å². The average Bonchev–Trinajstić information content (AvgIpc) is 2.98. The van der Waals surface area contributed by atoms with Gasteiger partial charge in [0.05, 0.1) is 0 Å². The topological polar surface area (TPSA) is 61.4 Å². The van der Waals surface area contributed by atoms with Crippen LogP contribution < -0.4 is 15.5 Å². The first kappa shape index (κ1) is 22.3. The second kappa shape index (κ2) is 9.74. The van der Waals surface area contributed by atoms with E-state index in [-0.39, 0.29) is 17.9 Å². The monoisotopic (exact) mass is 467 g/mol. The summed E-state index contributed by atoms with van der Waals surface area (Å²) >= 11 is 12.0. The maximum Gasteiger partial charge on any atom is 0.258 e. The molecule has 0 aliphatic carbocycles. The van der Waals surface area contributed by atoms with Gasteiger partial charge in [0.2, 0.25) is 0 Å². The maximum absolute atomic E-state index is 13.3. The van der Waals surface area contributed by atoms with E-state index in [9.17, 15) is 9.59 Å². The number of benzene rings is 3. The average molecular weight is 468 g/mol. The Bertz CT molecular complexity index is 1130. The molecule has 1 aliphatic rings. The van der Waals surface area contributed by atoms with E-state index in [0.717, 1.165) is 24.1 Å². The molecule has 1 aliphatic heterocycles. The summed E-state index contributed by atoms with van der Waals surface area (Å²) < 4.78 is 0. The zero-order chi connectivity index (χ0) is 22.7. The van der Waals surface area contributed by atoms with Gasteiger partial charge in [-0.2, -0.15) is 0 Å². The minimum Gasteiger partial charge on any atom is -0.322 e. The van der Waals surface area contributed by atoms with Crippen molar-refractivity contribution >= 4 is 46.4 Å². The smallest absolute Gasteiger partial charge is 0.258 e. The molecule has 0 saturated heterocycles. The number of nitrogens with zero attached hydrogens (tertiary/aromatic N) is 1. The molecule has 1 unspecified atom stereocenters. The van der Waals surface area contributed by atoms with Gasteiger partial charge in [0.25, 0.3) is 11.8 Å². The third-order valence-corrected chi connectivity index (χ3v) is 6.02. The molecule has 3 aromatic rings. The number of halogens is 2. The summed E-state index contributed by atoms with van der Waals surface area (Å²) in [5.74, 6) is -0.387. The number of hydrogen-bond donors (Lipinski definition) is 2. The first-order valence-electron chi connectivity index (χ1n) is 10.4. The Morgan fingerprint density at radius 3 is 2.31 bits per heavy atom. The highest BCUT2D eigenvalue weighted by molar-refractivity contribution is 6.35. The molecular weight excluding hydrogens is 445 g/mol. The van der Waals surface area contributed by atoms with Gasteiger partial charge < -0.3 is 15.5 Å².